The van der Waals surface area contributed by atoms with Gasteiger partial charge in [-0.2, -0.15) is 4.98 Å². The number of amides is 3. The lowest BCUT2D eigenvalue weighted by atomic mass is 9.88. The molecule has 9 nitrogen and oxygen atoms in total. The van der Waals surface area contributed by atoms with Gasteiger partial charge in [0.05, 0.1) is 19.8 Å². The highest BCUT2D eigenvalue weighted by Gasteiger charge is 2.50. The topological polar surface area (TPSA) is 107 Å². The monoisotopic (exact) mass is 422 g/mol. The van der Waals surface area contributed by atoms with Crippen LogP contribution >= 0.6 is 0 Å². The van der Waals surface area contributed by atoms with Crippen LogP contribution in [0.15, 0.2) is 47.0 Å². The van der Waals surface area contributed by atoms with Gasteiger partial charge in [-0.3, -0.25) is 9.69 Å². The molecular weight excluding hydrogens is 400 g/mol. The van der Waals surface area contributed by atoms with E-state index in [2.05, 4.69) is 15.5 Å². The first-order chi connectivity index (χ1) is 14.9. The zero-order valence-electron chi connectivity index (χ0n) is 17.6. The Balaban J connectivity index is 1.59. The van der Waals surface area contributed by atoms with Crippen LogP contribution in [0.5, 0.6) is 11.5 Å². The largest absolute Gasteiger partial charge is 0.497 e. The van der Waals surface area contributed by atoms with Crippen LogP contribution in [-0.4, -0.2) is 41.2 Å². The maximum atomic E-state index is 13.2. The van der Waals surface area contributed by atoms with Crippen LogP contribution < -0.4 is 14.8 Å². The highest BCUT2D eigenvalue weighted by atomic mass is 16.5. The van der Waals surface area contributed by atoms with Crippen molar-refractivity contribution in [3.8, 4) is 22.9 Å². The molecule has 1 aliphatic heterocycles. The zero-order valence-corrected chi connectivity index (χ0v) is 17.6. The summed E-state index contributed by atoms with van der Waals surface area (Å²) >= 11 is 0. The molecule has 1 saturated heterocycles. The summed E-state index contributed by atoms with van der Waals surface area (Å²) in [5.41, 5.74) is 1.09. The lowest BCUT2D eigenvalue weighted by molar-refractivity contribution is -0.131. The van der Waals surface area contributed by atoms with Crippen LogP contribution in [0, 0.1) is 6.92 Å². The van der Waals surface area contributed by atoms with Gasteiger partial charge >= 0.3 is 6.03 Å². The van der Waals surface area contributed by atoms with Gasteiger partial charge in [0, 0.05) is 6.07 Å². The zero-order chi connectivity index (χ0) is 22.2. The highest BCUT2D eigenvalue weighted by Crippen LogP contribution is 2.33. The van der Waals surface area contributed by atoms with Gasteiger partial charge in [0.15, 0.2) is 0 Å². The lowest BCUT2D eigenvalue weighted by Crippen LogP contribution is -2.41. The van der Waals surface area contributed by atoms with Crippen molar-refractivity contribution < 1.29 is 23.6 Å². The summed E-state index contributed by atoms with van der Waals surface area (Å²) < 4.78 is 15.9. The fraction of sp³-hybridized carbons (Fsp3) is 0.273. The number of carbonyl (C=O) groups is 2. The summed E-state index contributed by atoms with van der Waals surface area (Å²) in [6, 6.07) is 12.1. The quantitative estimate of drug-likeness (QED) is 0.609. The van der Waals surface area contributed by atoms with E-state index in [-0.39, 0.29) is 24.2 Å². The van der Waals surface area contributed by atoms with Crippen molar-refractivity contribution in [2.24, 2.45) is 0 Å². The number of hydrogen-bond donors (Lipinski definition) is 1. The summed E-state index contributed by atoms with van der Waals surface area (Å²) in [5, 5.41) is 6.77. The highest BCUT2D eigenvalue weighted by molar-refractivity contribution is 6.07. The van der Waals surface area contributed by atoms with E-state index in [1.165, 1.54) is 7.11 Å². The Hall–Kier alpha value is -3.88. The predicted octanol–water partition coefficient (Wildman–Crippen LogP) is 3.03. The average Bonchev–Trinajstić information content (AvgIpc) is 3.32. The molecule has 3 amide bonds. The summed E-state index contributed by atoms with van der Waals surface area (Å²) in [4.78, 5) is 31.2. The maximum Gasteiger partial charge on any atom is 0.325 e. The molecule has 3 aromatic rings. The Bertz CT molecular complexity index is 1160. The SMILES string of the molecule is COc1ccc(-c2noc(CN3C(=O)NC(C)(c4ccccc4C)C3=O)n2)c(OC)c1. The number of nitrogens with one attached hydrogen (secondary N) is 1. The smallest absolute Gasteiger partial charge is 0.325 e. The van der Waals surface area contributed by atoms with Crippen LogP contribution in [0.3, 0.4) is 0 Å². The van der Waals surface area contributed by atoms with Crippen LogP contribution in [-0.2, 0) is 16.9 Å². The number of ether oxygens (including phenoxy) is 2. The molecular formula is C22H22N4O5. The molecule has 4 rings (SSSR count). The Labute approximate surface area is 179 Å². The van der Waals surface area contributed by atoms with Crippen LogP contribution in [0.4, 0.5) is 4.79 Å². The van der Waals surface area contributed by atoms with E-state index < -0.39 is 11.6 Å². The Morgan fingerprint density at radius 1 is 1.13 bits per heavy atom. The van der Waals surface area contributed by atoms with Crippen LogP contribution in [0.1, 0.15) is 23.9 Å². The van der Waals surface area contributed by atoms with E-state index in [9.17, 15) is 9.59 Å². The summed E-state index contributed by atoms with van der Waals surface area (Å²) in [6.07, 6.45) is 0. The Morgan fingerprint density at radius 3 is 2.61 bits per heavy atom. The molecule has 0 spiro atoms. The first kappa shape index (κ1) is 20.4. The molecule has 0 bridgehead atoms. The standard InChI is InChI=1S/C22H22N4O5/c1-13-7-5-6-8-16(13)22(2)20(27)26(21(28)24-22)12-18-23-19(25-31-18)15-10-9-14(29-3)11-17(15)30-4/h5-11H,12H2,1-4H3,(H,24,28). The first-order valence-electron chi connectivity index (χ1n) is 9.62. The van der Waals surface area contributed by atoms with Gasteiger partial charge in [0.1, 0.15) is 23.6 Å². The third kappa shape index (κ3) is 3.48. The normalized spacial score (nSPS) is 18.3. The van der Waals surface area contributed by atoms with E-state index in [0.29, 0.717) is 17.1 Å². The summed E-state index contributed by atoms with van der Waals surface area (Å²) in [6.45, 7) is 3.45. The fourth-order valence-electron chi connectivity index (χ4n) is 3.70. The number of aryl methyl sites for hydroxylation is 1. The van der Waals surface area contributed by atoms with Crippen molar-refractivity contribution in [2.75, 3.05) is 14.2 Å². The van der Waals surface area contributed by atoms with E-state index >= 15 is 0 Å². The van der Waals surface area contributed by atoms with E-state index in [0.717, 1.165) is 16.0 Å². The van der Waals surface area contributed by atoms with Crippen molar-refractivity contribution >= 4 is 11.9 Å². The molecule has 0 saturated carbocycles. The minimum atomic E-state index is -1.16. The number of imide groups is 1. The average molecular weight is 422 g/mol. The number of benzene rings is 2. The van der Waals surface area contributed by atoms with E-state index in [4.69, 9.17) is 14.0 Å². The molecule has 1 unspecified atom stereocenters. The van der Waals surface area contributed by atoms with Crippen LogP contribution in [0.25, 0.3) is 11.4 Å². The van der Waals surface area contributed by atoms with Crippen molar-refractivity contribution in [1.82, 2.24) is 20.4 Å². The molecule has 160 valence electrons. The van der Waals surface area contributed by atoms with E-state index in [1.54, 1.807) is 32.2 Å². The number of rotatable bonds is 6. The minimum absolute atomic E-state index is 0.130. The van der Waals surface area contributed by atoms with Crippen molar-refractivity contribution in [3.63, 3.8) is 0 Å². The fourth-order valence-corrected chi connectivity index (χ4v) is 3.70. The molecule has 1 atom stereocenters. The molecule has 0 aliphatic carbocycles. The minimum Gasteiger partial charge on any atom is -0.497 e. The number of urea groups is 1. The molecule has 1 fully saturated rings. The Kier molecular flexibility index (Phi) is 5.10. The van der Waals surface area contributed by atoms with Crippen molar-refractivity contribution in [3.05, 3.63) is 59.5 Å². The summed E-state index contributed by atoms with van der Waals surface area (Å²) in [5.74, 6) is 1.16. The number of hydrogen-bond acceptors (Lipinski definition) is 7. The molecule has 1 aliphatic rings. The molecule has 1 N–H and O–H groups in total. The van der Waals surface area contributed by atoms with E-state index in [1.807, 2.05) is 31.2 Å². The number of nitrogens with zero attached hydrogens (tertiary/aromatic N) is 3. The van der Waals surface area contributed by atoms with Gasteiger partial charge in [-0.1, -0.05) is 29.4 Å². The molecule has 31 heavy (non-hydrogen) atoms. The van der Waals surface area contributed by atoms with Gasteiger partial charge < -0.3 is 19.3 Å². The number of aromatic nitrogens is 2. The van der Waals surface area contributed by atoms with Gasteiger partial charge in [-0.05, 0) is 37.1 Å². The molecule has 2 aromatic carbocycles. The lowest BCUT2D eigenvalue weighted by Gasteiger charge is -2.23. The van der Waals surface area contributed by atoms with Gasteiger partial charge in [-0.15, -0.1) is 0 Å². The Morgan fingerprint density at radius 2 is 1.90 bits per heavy atom. The molecule has 1 aromatic heterocycles. The third-order valence-corrected chi connectivity index (χ3v) is 5.37. The molecule has 9 heteroatoms. The van der Waals surface area contributed by atoms with Crippen LogP contribution in [0.2, 0.25) is 0 Å². The van der Waals surface area contributed by atoms with Crippen molar-refractivity contribution in [1.29, 1.82) is 0 Å². The van der Waals surface area contributed by atoms with Crippen molar-refractivity contribution in [2.45, 2.75) is 25.9 Å². The second kappa shape index (κ2) is 7.75. The summed E-state index contributed by atoms with van der Waals surface area (Å²) in [7, 11) is 3.09. The third-order valence-electron chi connectivity index (χ3n) is 5.37. The van der Waals surface area contributed by atoms with Gasteiger partial charge in [0.25, 0.3) is 5.91 Å². The molecule has 0 radical (unpaired) electrons. The number of methoxy groups -OCH3 is 2. The second-order valence-corrected chi connectivity index (χ2v) is 7.34. The molecule has 2 heterocycles. The second-order valence-electron chi connectivity index (χ2n) is 7.34. The maximum absolute atomic E-state index is 13.2. The van der Waals surface area contributed by atoms with Gasteiger partial charge in [-0.25, -0.2) is 4.79 Å². The predicted molar refractivity (Wildman–Crippen MR) is 110 cm³/mol. The first-order valence-corrected chi connectivity index (χ1v) is 9.62. The van der Waals surface area contributed by atoms with Gasteiger partial charge in [0.2, 0.25) is 11.7 Å². The number of carbonyl (C=O) groups excluding carboxylic acids is 2.